The highest BCUT2D eigenvalue weighted by atomic mass is 32.2. The van der Waals surface area contributed by atoms with Gasteiger partial charge in [-0.2, -0.15) is 17.0 Å². The molecule has 0 N–H and O–H groups in total. The minimum atomic E-state index is -3.57. The van der Waals surface area contributed by atoms with Crippen molar-refractivity contribution in [2.45, 2.75) is 39.9 Å². The quantitative estimate of drug-likeness (QED) is 0.720. The van der Waals surface area contributed by atoms with E-state index >= 15 is 0 Å². The summed E-state index contributed by atoms with van der Waals surface area (Å²) in [6.07, 6.45) is -0.262. The van der Waals surface area contributed by atoms with Crippen LogP contribution < -0.4 is 0 Å². The Morgan fingerprint density at radius 1 is 1.00 bits per heavy atom. The molecule has 2 fully saturated rings. The molecule has 0 bridgehead atoms. The molecule has 2 saturated heterocycles. The number of carbonyl (C=O) groups is 1. The van der Waals surface area contributed by atoms with Crippen LogP contribution in [-0.2, 0) is 14.9 Å². The smallest absolute Gasteiger partial charge is 0.282 e. The normalized spacial score (nSPS) is 23.9. The molecule has 0 saturated carbocycles. The third-order valence-electron chi connectivity index (χ3n) is 5.96. The maximum Gasteiger partial charge on any atom is 0.282 e. The number of aryl methyl sites for hydroxylation is 2. The molecule has 168 valence electrons. The Morgan fingerprint density at radius 3 is 2.29 bits per heavy atom. The first-order valence-electron chi connectivity index (χ1n) is 10.7. The number of fused-ring (bicyclic) bond motifs is 1. The van der Waals surface area contributed by atoms with Crippen LogP contribution in [0.4, 0.5) is 0 Å². The Balaban J connectivity index is 1.47. The molecule has 9 heteroatoms. The number of rotatable bonds is 3. The number of carbonyl (C=O) groups excluding carboxylic acids is 1. The van der Waals surface area contributed by atoms with Gasteiger partial charge in [0.05, 0.1) is 29.0 Å². The molecule has 0 unspecified atom stereocenters. The van der Waals surface area contributed by atoms with Crippen LogP contribution in [0, 0.1) is 13.8 Å². The van der Waals surface area contributed by atoms with Gasteiger partial charge in [0.15, 0.2) is 0 Å². The van der Waals surface area contributed by atoms with Crippen LogP contribution >= 0.6 is 0 Å². The largest absolute Gasteiger partial charge is 0.373 e. The van der Waals surface area contributed by atoms with Gasteiger partial charge in [-0.05, 0) is 45.9 Å². The number of benzene rings is 1. The second-order valence-corrected chi connectivity index (χ2v) is 10.5. The van der Waals surface area contributed by atoms with Gasteiger partial charge in [0, 0.05) is 44.7 Å². The highest BCUT2D eigenvalue weighted by Gasteiger charge is 2.37. The summed E-state index contributed by atoms with van der Waals surface area (Å²) in [6, 6.07) is 7.88. The van der Waals surface area contributed by atoms with Crippen LogP contribution in [-0.4, -0.2) is 84.3 Å². The fraction of sp³-hybridized carbons (Fsp3) is 0.545. The van der Waals surface area contributed by atoms with Crippen LogP contribution in [0.5, 0.6) is 0 Å². The molecule has 0 spiro atoms. The number of nitrogens with zero attached hydrogens (tertiary/aromatic N) is 4. The minimum Gasteiger partial charge on any atom is -0.373 e. The first-order chi connectivity index (χ1) is 14.6. The Morgan fingerprint density at radius 2 is 1.65 bits per heavy atom. The molecule has 31 heavy (non-hydrogen) atoms. The number of morpholine rings is 1. The van der Waals surface area contributed by atoms with E-state index in [2.05, 4.69) is 4.98 Å². The summed E-state index contributed by atoms with van der Waals surface area (Å²) in [7, 11) is -3.57. The Kier molecular flexibility index (Phi) is 6.04. The molecule has 4 rings (SSSR count). The maximum atomic E-state index is 13.2. The number of aromatic nitrogens is 1. The Labute approximate surface area is 184 Å². The van der Waals surface area contributed by atoms with E-state index in [4.69, 9.17) is 4.74 Å². The van der Waals surface area contributed by atoms with Crippen LogP contribution in [0.15, 0.2) is 24.3 Å². The van der Waals surface area contributed by atoms with Crippen LogP contribution in [0.25, 0.3) is 10.9 Å². The number of pyridine rings is 1. The standard InChI is InChI=1S/C22H30N4O4S/c1-15-5-6-21-19(11-15)12-20(18(4)23-21)22(27)24-7-9-25(10-8-24)31(28,29)26-13-16(2)30-17(3)14-26/h5-6,11-12,16-17H,7-10,13-14H2,1-4H3/t16-,17+. The van der Waals surface area contributed by atoms with E-state index in [1.807, 2.05) is 52.0 Å². The van der Waals surface area contributed by atoms with Crippen LogP contribution in [0.1, 0.15) is 35.5 Å². The summed E-state index contributed by atoms with van der Waals surface area (Å²) in [5.41, 5.74) is 3.24. The molecule has 1 amide bonds. The summed E-state index contributed by atoms with van der Waals surface area (Å²) in [5.74, 6) is -0.0981. The molecule has 1 aromatic carbocycles. The Bertz CT molecular complexity index is 1090. The van der Waals surface area contributed by atoms with Crippen molar-refractivity contribution < 1.29 is 17.9 Å². The second-order valence-electron chi connectivity index (χ2n) is 8.59. The summed E-state index contributed by atoms with van der Waals surface area (Å²) in [6.45, 7) is 9.62. The molecule has 2 aliphatic rings. The molecular weight excluding hydrogens is 416 g/mol. The van der Waals surface area contributed by atoms with Gasteiger partial charge in [-0.1, -0.05) is 11.6 Å². The van der Waals surface area contributed by atoms with Gasteiger partial charge >= 0.3 is 0 Å². The average molecular weight is 447 g/mol. The van der Waals surface area contributed by atoms with Crippen molar-refractivity contribution in [1.82, 2.24) is 18.5 Å². The average Bonchev–Trinajstić information content (AvgIpc) is 2.72. The molecule has 1 aromatic heterocycles. The molecule has 8 nitrogen and oxygen atoms in total. The summed E-state index contributed by atoms with van der Waals surface area (Å²) >= 11 is 0. The first-order valence-corrected chi connectivity index (χ1v) is 12.1. The van der Waals surface area contributed by atoms with Gasteiger partial charge in [-0.25, -0.2) is 0 Å². The lowest BCUT2D eigenvalue weighted by atomic mass is 10.1. The summed E-state index contributed by atoms with van der Waals surface area (Å²) in [4.78, 5) is 19.5. The molecule has 0 aliphatic carbocycles. The van der Waals surface area contributed by atoms with Crippen molar-refractivity contribution >= 4 is 27.0 Å². The lowest BCUT2D eigenvalue weighted by Crippen LogP contribution is -2.57. The molecule has 0 radical (unpaired) electrons. The molecular formula is C22H30N4O4S. The number of hydrogen-bond donors (Lipinski definition) is 0. The zero-order valence-corrected chi connectivity index (χ0v) is 19.4. The van der Waals surface area contributed by atoms with Gasteiger partial charge in [0.25, 0.3) is 16.1 Å². The molecule has 2 atom stereocenters. The van der Waals surface area contributed by atoms with Crippen molar-refractivity contribution in [3.8, 4) is 0 Å². The molecule has 2 aromatic rings. The van der Waals surface area contributed by atoms with Crippen LogP contribution in [0.2, 0.25) is 0 Å². The first kappa shape index (κ1) is 22.1. The second kappa shape index (κ2) is 8.46. The Hall–Kier alpha value is -2.07. The predicted molar refractivity (Wildman–Crippen MR) is 119 cm³/mol. The van der Waals surface area contributed by atoms with E-state index in [0.29, 0.717) is 37.4 Å². The highest BCUT2D eigenvalue weighted by molar-refractivity contribution is 7.86. The predicted octanol–water partition coefficient (Wildman–Crippen LogP) is 1.96. The third-order valence-corrected chi connectivity index (χ3v) is 7.92. The van der Waals surface area contributed by atoms with E-state index in [9.17, 15) is 13.2 Å². The van der Waals surface area contributed by atoms with Crippen LogP contribution in [0.3, 0.4) is 0 Å². The maximum absolute atomic E-state index is 13.2. The van der Waals surface area contributed by atoms with Crippen molar-refractivity contribution in [2.75, 3.05) is 39.3 Å². The highest BCUT2D eigenvalue weighted by Crippen LogP contribution is 2.22. The number of ether oxygens (including phenoxy) is 1. The lowest BCUT2D eigenvalue weighted by Gasteiger charge is -2.40. The summed E-state index contributed by atoms with van der Waals surface area (Å²) < 4.78 is 34.8. The van der Waals surface area contributed by atoms with Gasteiger partial charge in [0.1, 0.15) is 0 Å². The van der Waals surface area contributed by atoms with Gasteiger partial charge in [0.2, 0.25) is 0 Å². The van der Waals surface area contributed by atoms with E-state index in [1.165, 1.54) is 8.61 Å². The lowest BCUT2D eigenvalue weighted by molar-refractivity contribution is -0.0457. The van der Waals surface area contributed by atoms with Gasteiger partial charge in [-0.15, -0.1) is 0 Å². The molecule has 3 heterocycles. The van der Waals surface area contributed by atoms with E-state index in [-0.39, 0.29) is 31.2 Å². The van der Waals surface area contributed by atoms with Gasteiger partial charge in [-0.3, -0.25) is 9.78 Å². The zero-order chi connectivity index (χ0) is 22.3. The third kappa shape index (κ3) is 4.45. The van der Waals surface area contributed by atoms with E-state index in [1.54, 1.807) is 4.90 Å². The van der Waals surface area contributed by atoms with Gasteiger partial charge < -0.3 is 9.64 Å². The monoisotopic (exact) mass is 446 g/mol. The van der Waals surface area contributed by atoms with E-state index in [0.717, 1.165) is 16.5 Å². The van der Waals surface area contributed by atoms with Crippen molar-refractivity contribution in [1.29, 1.82) is 0 Å². The van der Waals surface area contributed by atoms with Crippen molar-refractivity contribution in [2.24, 2.45) is 0 Å². The van der Waals surface area contributed by atoms with Crippen molar-refractivity contribution in [3.05, 3.63) is 41.1 Å². The fourth-order valence-corrected chi connectivity index (χ4v) is 6.13. The number of hydrogen-bond acceptors (Lipinski definition) is 5. The van der Waals surface area contributed by atoms with E-state index < -0.39 is 10.2 Å². The molecule has 2 aliphatic heterocycles. The minimum absolute atomic E-state index is 0.0981. The summed E-state index contributed by atoms with van der Waals surface area (Å²) in [5, 5.41) is 0.936. The SMILES string of the molecule is Cc1ccc2nc(C)c(C(=O)N3CCN(S(=O)(=O)N4C[C@@H](C)O[C@@H](C)C4)CC3)cc2c1. The number of amides is 1. The zero-order valence-electron chi connectivity index (χ0n) is 18.5. The van der Waals surface area contributed by atoms with Crippen molar-refractivity contribution in [3.63, 3.8) is 0 Å². The topological polar surface area (TPSA) is 83.1 Å². The fourth-order valence-electron chi connectivity index (χ4n) is 4.38. The number of piperazine rings is 1.